The van der Waals surface area contributed by atoms with Gasteiger partial charge in [-0.05, 0) is 69.7 Å². The maximum Gasteiger partial charge on any atom is 0.170 e. The van der Waals surface area contributed by atoms with Gasteiger partial charge in [0.15, 0.2) is 5.78 Å². The molecule has 3 nitrogen and oxygen atoms in total. The van der Waals surface area contributed by atoms with Crippen LogP contribution in [0.25, 0.3) is 0 Å². The van der Waals surface area contributed by atoms with Crippen molar-refractivity contribution in [2.24, 2.45) is 17.1 Å². The van der Waals surface area contributed by atoms with Crippen molar-refractivity contribution in [3.05, 3.63) is 29.8 Å². The molecule has 0 bridgehead atoms. The van der Waals surface area contributed by atoms with Crippen LogP contribution in [0.15, 0.2) is 24.3 Å². The molecule has 1 fully saturated rings. The number of carbonyl (C=O) groups is 1. The van der Waals surface area contributed by atoms with E-state index in [9.17, 15) is 4.79 Å². The first-order chi connectivity index (χ1) is 9.97. The molecule has 0 saturated heterocycles. The number of Topliss-reactive ketones (excluding diaryl/α,β-unsaturated/α-hetero) is 1. The van der Waals surface area contributed by atoms with E-state index in [1.165, 1.54) is 0 Å². The zero-order chi connectivity index (χ0) is 15.5. The second kappa shape index (κ2) is 6.61. The van der Waals surface area contributed by atoms with Crippen molar-refractivity contribution in [2.45, 2.75) is 52.6 Å². The summed E-state index contributed by atoms with van der Waals surface area (Å²) in [5.74, 6) is 1.72. The van der Waals surface area contributed by atoms with Crippen LogP contribution in [0.5, 0.6) is 5.75 Å². The molecule has 0 heterocycles. The van der Waals surface area contributed by atoms with Gasteiger partial charge >= 0.3 is 0 Å². The van der Waals surface area contributed by atoms with Gasteiger partial charge in [-0.1, -0.05) is 6.92 Å². The van der Waals surface area contributed by atoms with Gasteiger partial charge < -0.3 is 10.5 Å². The average molecular weight is 289 g/mol. The minimum Gasteiger partial charge on any atom is -0.491 e. The predicted molar refractivity (Wildman–Crippen MR) is 85.7 cm³/mol. The van der Waals surface area contributed by atoms with E-state index in [4.69, 9.17) is 10.5 Å². The number of nitrogens with two attached hydrogens (primary N) is 1. The molecule has 1 aliphatic rings. The first-order valence-corrected chi connectivity index (χ1v) is 7.98. The van der Waals surface area contributed by atoms with Gasteiger partial charge in [0.25, 0.3) is 0 Å². The number of hydrogen-bond donors (Lipinski definition) is 1. The molecule has 0 radical (unpaired) electrons. The topological polar surface area (TPSA) is 52.3 Å². The number of carbonyl (C=O) groups excluding carboxylic acids is 1. The van der Waals surface area contributed by atoms with Crippen molar-refractivity contribution in [2.75, 3.05) is 6.54 Å². The number of ether oxygens (including phenoxy) is 1. The predicted octanol–water partition coefficient (Wildman–Crippen LogP) is 3.81. The van der Waals surface area contributed by atoms with Crippen molar-refractivity contribution < 1.29 is 9.53 Å². The second-order valence-electron chi connectivity index (χ2n) is 6.69. The molecule has 0 amide bonds. The van der Waals surface area contributed by atoms with Crippen molar-refractivity contribution in [3.63, 3.8) is 0 Å². The average Bonchev–Trinajstić information content (AvgIpc) is 2.48. The lowest BCUT2D eigenvalue weighted by Gasteiger charge is -2.37. The standard InChI is InChI=1S/C18H27NO2/c1-13(2)21-16-6-4-15(5-7-16)17(20)18(12-19)10-8-14(3)9-11-18/h4-7,13-14H,8-12,19H2,1-3H3. The summed E-state index contributed by atoms with van der Waals surface area (Å²) in [4.78, 5) is 12.9. The van der Waals surface area contributed by atoms with Crippen LogP contribution in [0.4, 0.5) is 0 Å². The molecule has 1 aromatic rings. The Hall–Kier alpha value is -1.35. The highest BCUT2D eigenvalue weighted by molar-refractivity contribution is 6.00. The molecular weight excluding hydrogens is 262 g/mol. The van der Waals surface area contributed by atoms with Gasteiger partial charge in [0, 0.05) is 17.5 Å². The SMILES string of the molecule is CC1CCC(CN)(C(=O)c2ccc(OC(C)C)cc2)CC1. The van der Waals surface area contributed by atoms with Gasteiger partial charge in [0.05, 0.1) is 6.10 Å². The largest absolute Gasteiger partial charge is 0.491 e. The molecule has 0 aromatic heterocycles. The molecule has 21 heavy (non-hydrogen) atoms. The first-order valence-electron chi connectivity index (χ1n) is 7.98. The van der Waals surface area contributed by atoms with E-state index in [-0.39, 0.29) is 17.3 Å². The fourth-order valence-corrected chi connectivity index (χ4v) is 3.10. The third-order valence-corrected chi connectivity index (χ3v) is 4.59. The Morgan fingerprint density at radius 3 is 2.33 bits per heavy atom. The molecule has 0 unspecified atom stereocenters. The normalized spacial score (nSPS) is 25.9. The summed E-state index contributed by atoms with van der Waals surface area (Å²) < 4.78 is 5.62. The van der Waals surface area contributed by atoms with Crippen LogP contribution >= 0.6 is 0 Å². The Morgan fingerprint density at radius 2 is 1.86 bits per heavy atom. The number of rotatable bonds is 5. The van der Waals surface area contributed by atoms with E-state index >= 15 is 0 Å². The van der Waals surface area contributed by atoms with Crippen molar-refractivity contribution >= 4 is 5.78 Å². The minimum absolute atomic E-state index is 0.141. The van der Waals surface area contributed by atoms with Crippen LogP contribution in [0.3, 0.4) is 0 Å². The van der Waals surface area contributed by atoms with E-state index in [0.29, 0.717) is 12.5 Å². The summed E-state index contributed by atoms with van der Waals surface area (Å²) in [6, 6.07) is 7.50. The molecule has 2 N–H and O–H groups in total. The number of hydrogen-bond acceptors (Lipinski definition) is 3. The minimum atomic E-state index is -0.354. The number of benzene rings is 1. The molecule has 0 spiro atoms. The molecule has 116 valence electrons. The van der Waals surface area contributed by atoms with Crippen molar-refractivity contribution in [1.29, 1.82) is 0 Å². The van der Waals surface area contributed by atoms with Gasteiger partial charge in [-0.25, -0.2) is 0 Å². The highest BCUT2D eigenvalue weighted by Gasteiger charge is 2.40. The molecular formula is C18H27NO2. The first kappa shape index (κ1) is 16.0. The lowest BCUT2D eigenvalue weighted by atomic mass is 9.67. The van der Waals surface area contributed by atoms with E-state index < -0.39 is 0 Å². The molecule has 1 saturated carbocycles. The van der Waals surface area contributed by atoms with Gasteiger partial charge in [-0.2, -0.15) is 0 Å². The summed E-state index contributed by atoms with van der Waals surface area (Å²) in [6.07, 6.45) is 4.15. The quantitative estimate of drug-likeness (QED) is 0.839. The van der Waals surface area contributed by atoms with Crippen molar-refractivity contribution in [3.8, 4) is 5.75 Å². The van der Waals surface area contributed by atoms with Crippen LogP contribution in [-0.4, -0.2) is 18.4 Å². The second-order valence-corrected chi connectivity index (χ2v) is 6.69. The molecule has 0 atom stereocenters. The van der Waals surface area contributed by atoms with Crippen LogP contribution in [0.1, 0.15) is 56.8 Å². The summed E-state index contributed by atoms with van der Waals surface area (Å²) in [5.41, 5.74) is 6.37. The third-order valence-electron chi connectivity index (χ3n) is 4.59. The van der Waals surface area contributed by atoms with Crippen LogP contribution < -0.4 is 10.5 Å². The molecule has 2 rings (SSSR count). The molecule has 0 aliphatic heterocycles. The summed E-state index contributed by atoms with van der Waals surface area (Å²) in [5, 5.41) is 0. The maximum absolute atomic E-state index is 12.9. The van der Waals surface area contributed by atoms with E-state index in [2.05, 4.69) is 6.92 Å². The lowest BCUT2D eigenvalue weighted by molar-refractivity contribution is 0.0695. The lowest BCUT2D eigenvalue weighted by Crippen LogP contribution is -2.41. The van der Waals surface area contributed by atoms with E-state index in [0.717, 1.165) is 37.0 Å². The summed E-state index contributed by atoms with van der Waals surface area (Å²) >= 11 is 0. The van der Waals surface area contributed by atoms with Gasteiger partial charge in [0.1, 0.15) is 5.75 Å². The van der Waals surface area contributed by atoms with Crippen LogP contribution in [-0.2, 0) is 0 Å². The monoisotopic (exact) mass is 289 g/mol. The molecule has 1 aromatic carbocycles. The highest BCUT2D eigenvalue weighted by Crippen LogP contribution is 2.40. The fourth-order valence-electron chi connectivity index (χ4n) is 3.10. The Kier molecular flexibility index (Phi) is 5.04. The van der Waals surface area contributed by atoms with Crippen LogP contribution in [0, 0.1) is 11.3 Å². The van der Waals surface area contributed by atoms with Crippen LogP contribution in [0.2, 0.25) is 0 Å². The fraction of sp³-hybridized carbons (Fsp3) is 0.611. The zero-order valence-corrected chi connectivity index (χ0v) is 13.4. The molecule has 3 heteroatoms. The molecule has 1 aliphatic carbocycles. The third kappa shape index (κ3) is 3.65. The number of ketones is 1. The Labute approximate surface area is 127 Å². The Bertz CT molecular complexity index is 470. The Balaban J connectivity index is 2.14. The van der Waals surface area contributed by atoms with E-state index in [1.807, 2.05) is 38.1 Å². The van der Waals surface area contributed by atoms with Gasteiger partial charge in [-0.15, -0.1) is 0 Å². The van der Waals surface area contributed by atoms with Gasteiger partial charge in [-0.3, -0.25) is 4.79 Å². The zero-order valence-electron chi connectivity index (χ0n) is 13.4. The summed E-state index contributed by atoms with van der Waals surface area (Å²) in [7, 11) is 0. The maximum atomic E-state index is 12.9. The van der Waals surface area contributed by atoms with E-state index in [1.54, 1.807) is 0 Å². The van der Waals surface area contributed by atoms with Crippen molar-refractivity contribution in [1.82, 2.24) is 0 Å². The Morgan fingerprint density at radius 1 is 1.29 bits per heavy atom. The highest BCUT2D eigenvalue weighted by atomic mass is 16.5. The van der Waals surface area contributed by atoms with Gasteiger partial charge in [0.2, 0.25) is 0 Å². The smallest absolute Gasteiger partial charge is 0.170 e. The summed E-state index contributed by atoms with van der Waals surface area (Å²) in [6.45, 7) is 6.68.